The van der Waals surface area contributed by atoms with Gasteiger partial charge in [0.1, 0.15) is 42.7 Å². The molecule has 1 aliphatic rings. The van der Waals surface area contributed by atoms with Gasteiger partial charge in [-0.2, -0.15) is 0 Å². The molecule has 0 aliphatic heterocycles. The molecule has 12 nitrogen and oxygen atoms in total. The van der Waals surface area contributed by atoms with Gasteiger partial charge in [0.25, 0.3) is 0 Å². The maximum Gasteiger partial charge on any atom is 0.472 e. The molecule has 0 aromatic heterocycles. The molecule has 13 heteroatoms. The van der Waals surface area contributed by atoms with E-state index in [0.717, 1.165) is 57.8 Å². The SMILES string of the molecule is CCCCC/C=C\C/C=C\C/C=C\C/C=C\CCCCCC(=O)O[C@H](COCCCCCCCCCCCCCCCC)COP(=O)(O)OC1C(O)C(O)C(O)[C@@H](O)C1O. The third-order valence-corrected chi connectivity index (χ3v) is 11.7. The van der Waals surface area contributed by atoms with Crippen LogP contribution in [0.25, 0.3) is 0 Å². The summed E-state index contributed by atoms with van der Waals surface area (Å²) in [5.41, 5.74) is 0. The van der Waals surface area contributed by atoms with E-state index >= 15 is 0 Å². The largest absolute Gasteiger partial charge is 0.472 e. The maximum absolute atomic E-state index is 12.8. The number of allylic oxidation sites excluding steroid dienone is 8. The minimum Gasteiger partial charge on any atom is -0.457 e. The van der Waals surface area contributed by atoms with E-state index in [1.54, 1.807) is 0 Å². The Balaban J connectivity index is 2.42. The van der Waals surface area contributed by atoms with Crippen LogP contribution in [-0.2, 0) is 27.9 Å². The predicted octanol–water partition coefficient (Wildman–Crippen LogP) is 9.64. The van der Waals surface area contributed by atoms with Gasteiger partial charge in [-0.15, -0.1) is 0 Å². The summed E-state index contributed by atoms with van der Waals surface area (Å²) >= 11 is 0. The van der Waals surface area contributed by atoms with E-state index in [-0.39, 0.29) is 13.0 Å². The lowest BCUT2D eigenvalue weighted by molar-refractivity contribution is -0.220. The second kappa shape index (κ2) is 37.8. The Morgan fingerprint density at radius 2 is 0.933 bits per heavy atom. The van der Waals surface area contributed by atoms with E-state index in [4.69, 9.17) is 18.5 Å². The zero-order chi connectivity index (χ0) is 44.1. The van der Waals surface area contributed by atoms with Crippen molar-refractivity contribution in [2.24, 2.45) is 0 Å². The van der Waals surface area contributed by atoms with Crippen LogP contribution < -0.4 is 0 Å². The standard InChI is InChI=1S/C47H85O12P/c1-3-5-7-9-11-13-15-17-19-20-21-22-23-24-26-28-30-32-34-36-41(48)58-40(38-56-37-35-33-31-29-27-25-18-16-14-12-10-8-6-4-2)39-57-60(54,55)59-47-45(52)43(50)42(49)44(51)46(47)53/h11,13,17,19,21-22,24,26,40,42-47,49-53H,3-10,12,14-16,18,20,23,25,27-39H2,1-2H3,(H,54,55)/b13-11-,19-17-,22-21-,26-24-/t40-,42?,43-,44?,45?,46?,47?/m1/s1. The normalized spacial score (nSPS) is 22.7. The van der Waals surface area contributed by atoms with Crippen LogP contribution in [-0.4, -0.2) is 98.9 Å². The van der Waals surface area contributed by atoms with Gasteiger partial charge in [-0.3, -0.25) is 13.8 Å². The highest BCUT2D eigenvalue weighted by Gasteiger charge is 2.51. The Bertz CT molecular complexity index is 1180. The molecule has 1 aliphatic carbocycles. The lowest BCUT2D eigenvalue weighted by atomic mass is 9.85. The minimum absolute atomic E-state index is 0.0887. The van der Waals surface area contributed by atoms with Gasteiger partial charge < -0.3 is 39.9 Å². The van der Waals surface area contributed by atoms with Crippen LogP contribution in [0.3, 0.4) is 0 Å². The molecule has 350 valence electrons. The van der Waals surface area contributed by atoms with Gasteiger partial charge >= 0.3 is 13.8 Å². The molecule has 6 N–H and O–H groups in total. The van der Waals surface area contributed by atoms with E-state index in [1.165, 1.54) is 96.3 Å². The van der Waals surface area contributed by atoms with Crippen molar-refractivity contribution in [2.75, 3.05) is 19.8 Å². The first kappa shape index (κ1) is 56.3. The first-order valence-electron chi connectivity index (χ1n) is 23.5. The third kappa shape index (κ3) is 29.6. The average molecular weight is 873 g/mol. The lowest BCUT2D eigenvalue weighted by Crippen LogP contribution is -2.64. The third-order valence-electron chi connectivity index (χ3n) is 10.7. The van der Waals surface area contributed by atoms with Gasteiger partial charge in [0, 0.05) is 13.0 Å². The van der Waals surface area contributed by atoms with Crippen LogP contribution in [0, 0.1) is 0 Å². The number of rotatable bonds is 39. The fourth-order valence-electron chi connectivity index (χ4n) is 6.93. The zero-order valence-electron chi connectivity index (χ0n) is 37.2. The van der Waals surface area contributed by atoms with Crippen LogP contribution in [0.15, 0.2) is 48.6 Å². The van der Waals surface area contributed by atoms with E-state index in [2.05, 4.69) is 62.5 Å². The number of hydrogen-bond donors (Lipinski definition) is 6. The maximum atomic E-state index is 12.8. The number of ether oxygens (including phenoxy) is 2. The molecular formula is C47H85O12P. The van der Waals surface area contributed by atoms with Crippen LogP contribution in [0.1, 0.15) is 181 Å². The van der Waals surface area contributed by atoms with E-state index in [0.29, 0.717) is 13.0 Å². The van der Waals surface area contributed by atoms with E-state index in [1.807, 2.05) is 0 Å². The molecule has 0 heterocycles. The molecule has 0 bridgehead atoms. The van der Waals surface area contributed by atoms with Crippen LogP contribution in [0.5, 0.6) is 0 Å². The summed E-state index contributed by atoms with van der Waals surface area (Å²) in [4.78, 5) is 23.1. The molecule has 60 heavy (non-hydrogen) atoms. The summed E-state index contributed by atoms with van der Waals surface area (Å²) in [6.45, 7) is 4.20. The summed E-state index contributed by atoms with van der Waals surface area (Å²) in [7, 11) is -5.03. The molecule has 0 radical (unpaired) electrons. The van der Waals surface area contributed by atoms with Gasteiger partial charge in [-0.1, -0.05) is 165 Å². The average Bonchev–Trinajstić information content (AvgIpc) is 3.23. The Labute approximate surface area is 363 Å². The van der Waals surface area contributed by atoms with Crippen molar-refractivity contribution in [3.8, 4) is 0 Å². The fourth-order valence-corrected chi connectivity index (χ4v) is 7.90. The fraction of sp³-hybridized carbons (Fsp3) is 0.809. The van der Waals surface area contributed by atoms with Crippen molar-refractivity contribution in [2.45, 2.75) is 224 Å². The molecular weight excluding hydrogens is 787 g/mol. The van der Waals surface area contributed by atoms with Gasteiger partial charge in [0.05, 0.1) is 13.2 Å². The number of unbranched alkanes of at least 4 members (excludes halogenated alkanes) is 19. The molecule has 8 atom stereocenters. The number of carbonyl (C=O) groups excluding carboxylic acids is 1. The molecule has 0 spiro atoms. The number of aliphatic hydroxyl groups is 5. The monoisotopic (exact) mass is 873 g/mol. The highest BCUT2D eigenvalue weighted by atomic mass is 31.2. The number of aliphatic hydroxyl groups excluding tert-OH is 5. The zero-order valence-corrected chi connectivity index (χ0v) is 38.1. The summed E-state index contributed by atoms with van der Waals surface area (Å²) in [6, 6.07) is 0. The molecule has 0 amide bonds. The van der Waals surface area contributed by atoms with E-state index < -0.39 is 63.1 Å². The van der Waals surface area contributed by atoms with Crippen molar-refractivity contribution < 1.29 is 58.3 Å². The van der Waals surface area contributed by atoms with Crippen molar-refractivity contribution in [1.29, 1.82) is 0 Å². The van der Waals surface area contributed by atoms with Gasteiger partial charge in [-0.25, -0.2) is 4.57 Å². The molecule has 6 unspecified atom stereocenters. The van der Waals surface area contributed by atoms with Crippen LogP contribution >= 0.6 is 7.82 Å². The Hall–Kier alpha value is -1.70. The molecule has 1 fully saturated rings. The summed E-state index contributed by atoms with van der Waals surface area (Å²) in [5.74, 6) is -0.506. The quantitative estimate of drug-likeness (QED) is 0.0149. The number of hydrogen-bond acceptors (Lipinski definition) is 11. The Morgan fingerprint density at radius 3 is 1.43 bits per heavy atom. The van der Waals surface area contributed by atoms with Crippen molar-refractivity contribution in [3.63, 3.8) is 0 Å². The first-order chi connectivity index (χ1) is 29.0. The Morgan fingerprint density at radius 1 is 0.533 bits per heavy atom. The Kier molecular flexibility index (Phi) is 35.5. The smallest absolute Gasteiger partial charge is 0.457 e. The van der Waals surface area contributed by atoms with E-state index in [9.17, 15) is 39.8 Å². The lowest BCUT2D eigenvalue weighted by Gasteiger charge is -2.41. The van der Waals surface area contributed by atoms with Crippen LogP contribution in [0.4, 0.5) is 0 Å². The number of esters is 1. The second-order valence-corrected chi connectivity index (χ2v) is 17.7. The molecule has 0 saturated heterocycles. The second-order valence-electron chi connectivity index (χ2n) is 16.3. The topological polar surface area (TPSA) is 192 Å². The molecule has 0 aromatic rings. The van der Waals surface area contributed by atoms with Gasteiger partial charge in [0.2, 0.25) is 0 Å². The molecule has 1 saturated carbocycles. The van der Waals surface area contributed by atoms with Crippen molar-refractivity contribution in [1.82, 2.24) is 0 Å². The molecule has 1 rings (SSSR count). The highest BCUT2D eigenvalue weighted by molar-refractivity contribution is 7.47. The first-order valence-corrected chi connectivity index (χ1v) is 25.0. The van der Waals surface area contributed by atoms with Gasteiger partial charge in [0.15, 0.2) is 0 Å². The summed E-state index contributed by atoms with van der Waals surface area (Å²) in [5, 5.41) is 50.2. The number of phosphoric acid groups is 1. The summed E-state index contributed by atoms with van der Waals surface area (Å²) in [6.07, 6.45) is 33.2. The molecule has 0 aromatic carbocycles. The number of carbonyl (C=O) groups is 1. The number of phosphoric ester groups is 1. The highest BCUT2D eigenvalue weighted by Crippen LogP contribution is 2.47. The van der Waals surface area contributed by atoms with Crippen molar-refractivity contribution in [3.05, 3.63) is 48.6 Å². The van der Waals surface area contributed by atoms with Crippen LogP contribution in [0.2, 0.25) is 0 Å². The van der Waals surface area contributed by atoms with Crippen molar-refractivity contribution >= 4 is 13.8 Å². The van der Waals surface area contributed by atoms with Gasteiger partial charge in [-0.05, 0) is 57.8 Å². The minimum atomic E-state index is -5.03. The predicted molar refractivity (Wildman–Crippen MR) is 239 cm³/mol. The summed E-state index contributed by atoms with van der Waals surface area (Å²) < 4.78 is 34.2.